The average Bonchev–Trinajstić information content (AvgIpc) is 3.68. The van der Waals surface area contributed by atoms with E-state index in [2.05, 4.69) is 154 Å². The van der Waals surface area contributed by atoms with Gasteiger partial charge in [0.1, 0.15) is 0 Å². The van der Waals surface area contributed by atoms with Crippen LogP contribution < -0.4 is 0 Å². The molecular weight excluding hydrogens is 512 g/mol. The molecule has 0 fully saturated rings. The molecule has 3 heterocycles. The fourth-order valence-corrected chi connectivity index (χ4v) is 6.71. The molecule has 0 spiro atoms. The number of aryl methyl sites for hydroxylation is 1. The first-order chi connectivity index (χ1) is 20.8. The highest BCUT2D eigenvalue weighted by atomic mass is 15.2. The number of nitrogens with zero attached hydrogens (tertiary/aromatic N) is 4. The van der Waals surface area contributed by atoms with Crippen LogP contribution in [0.3, 0.4) is 0 Å². The summed E-state index contributed by atoms with van der Waals surface area (Å²) in [6, 6.07) is 50.0. The molecule has 9 aromatic rings. The van der Waals surface area contributed by atoms with E-state index in [4.69, 9.17) is 4.98 Å². The highest BCUT2D eigenvalue weighted by Crippen LogP contribution is 2.38. The minimum absolute atomic E-state index is 0.922. The summed E-state index contributed by atoms with van der Waals surface area (Å²) < 4.78 is 6.85. The second-order valence-corrected chi connectivity index (χ2v) is 11.0. The topological polar surface area (TPSA) is 27.7 Å². The Morgan fingerprint density at radius 3 is 1.57 bits per heavy atom. The van der Waals surface area contributed by atoms with Crippen LogP contribution >= 0.6 is 0 Å². The molecule has 0 amide bonds. The zero-order chi connectivity index (χ0) is 27.8. The number of fused-ring (bicyclic) bond motifs is 7. The van der Waals surface area contributed by atoms with Crippen molar-refractivity contribution < 1.29 is 0 Å². The number of hydrogen-bond donors (Lipinski definition) is 0. The van der Waals surface area contributed by atoms with Gasteiger partial charge in [-0.15, -0.1) is 0 Å². The molecule has 0 N–H and O–H groups in total. The van der Waals surface area contributed by atoms with E-state index in [0.717, 1.165) is 28.0 Å². The van der Waals surface area contributed by atoms with E-state index < -0.39 is 0 Å². The minimum Gasteiger partial charge on any atom is -0.313 e. The van der Waals surface area contributed by atoms with Crippen molar-refractivity contribution in [2.24, 2.45) is 7.05 Å². The van der Waals surface area contributed by atoms with Gasteiger partial charge in [0, 0.05) is 34.3 Å². The second kappa shape index (κ2) is 8.69. The van der Waals surface area contributed by atoms with Crippen molar-refractivity contribution in [3.63, 3.8) is 0 Å². The fourth-order valence-electron chi connectivity index (χ4n) is 6.71. The summed E-state index contributed by atoms with van der Waals surface area (Å²) in [5.74, 6) is 0.922. The lowest BCUT2D eigenvalue weighted by Crippen LogP contribution is -2.02. The maximum Gasteiger partial charge on any atom is 0.215 e. The SMILES string of the molecule is Cn1c(-n2c3ccccc3c3cc(-c4ccc5c(c4)c4ccccc4n5-c4ccccc4)ccc32)nc2ccccc21. The van der Waals surface area contributed by atoms with Gasteiger partial charge in [0.2, 0.25) is 5.95 Å². The quantitative estimate of drug-likeness (QED) is 0.220. The van der Waals surface area contributed by atoms with Crippen LogP contribution in [-0.4, -0.2) is 18.7 Å². The van der Waals surface area contributed by atoms with Crippen LogP contribution in [0.4, 0.5) is 0 Å². The Labute approximate surface area is 242 Å². The van der Waals surface area contributed by atoms with Crippen LogP contribution in [-0.2, 0) is 7.05 Å². The Morgan fingerprint density at radius 2 is 0.929 bits per heavy atom. The van der Waals surface area contributed by atoms with E-state index in [1.165, 1.54) is 49.4 Å². The molecule has 0 saturated carbocycles. The Hall–Kier alpha value is -5.61. The molecule has 3 aromatic heterocycles. The van der Waals surface area contributed by atoms with Gasteiger partial charge in [-0.3, -0.25) is 4.57 Å². The van der Waals surface area contributed by atoms with Crippen molar-refractivity contribution in [3.05, 3.63) is 140 Å². The smallest absolute Gasteiger partial charge is 0.215 e. The van der Waals surface area contributed by atoms with Gasteiger partial charge >= 0.3 is 0 Å². The molecule has 198 valence electrons. The van der Waals surface area contributed by atoms with Crippen molar-refractivity contribution in [1.82, 2.24) is 18.7 Å². The van der Waals surface area contributed by atoms with Crippen molar-refractivity contribution >= 4 is 54.6 Å². The van der Waals surface area contributed by atoms with Gasteiger partial charge in [-0.25, -0.2) is 4.98 Å². The predicted octanol–water partition coefficient (Wildman–Crippen LogP) is 9.43. The summed E-state index contributed by atoms with van der Waals surface area (Å²) in [7, 11) is 2.10. The summed E-state index contributed by atoms with van der Waals surface area (Å²) in [6.07, 6.45) is 0. The molecule has 6 aromatic carbocycles. The average molecular weight is 539 g/mol. The Kier molecular flexibility index (Phi) is 4.79. The summed E-state index contributed by atoms with van der Waals surface area (Å²) in [4.78, 5) is 5.05. The molecule has 0 aliphatic heterocycles. The van der Waals surface area contributed by atoms with Crippen molar-refractivity contribution in [3.8, 4) is 22.8 Å². The first-order valence-corrected chi connectivity index (χ1v) is 14.3. The van der Waals surface area contributed by atoms with Crippen molar-refractivity contribution in [2.75, 3.05) is 0 Å². The number of para-hydroxylation sites is 5. The van der Waals surface area contributed by atoms with Gasteiger partial charge < -0.3 is 9.13 Å². The van der Waals surface area contributed by atoms with E-state index in [9.17, 15) is 0 Å². The van der Waals surface area contributed by atoms with Gasteiger partial charge in [-0.05, 0) is 71.8 Å². The first-order valence-electron chi connectivity index (χ1n) is 14.3. The van der Waals surface area contributed by atoms with Crippen LogP contribution in [0, 0.1) is 0 Å². The summed E-state index contributed by atoms with van der Waals surface area (Å²) >= 11 is 0. The fraction of sp³-hybridized carbons (Fsp3) is 0.0263. The summed E-state index contributed by atoms with van der Waals surface area (Å²) in [5, 5.41) is 4.97. The van der Waals surface area contributed by atoms with Crippen LogP contribution in [0.1, 0.15) is 0 Å². The highest BCUT2D eigenvalue weighted by molar-refractivity contribution is 6.12. The molecular formula is C38H26N4. The number of benzene rings is 6. The maximum absolute atomic E-state index is 5.05. The largest absolute Gasteiger partial charge is 0.313 e. The Balaban J connectivity index is 1.27. The third-order valence-corrected chi connectivity index (χ3v) is 8.66. The normalized spacial score (nSPS) is 11.9. The molecule has 0 bridgehead atoms. The summed E-state index contributed by atoms with van der Waals surface area (Å²) in [6.45, 7) is 0. The number of aromatic nitrogens is 4. The van der Waals surface area contributed by atoms with Gasteiger partial charge in [-0.1, -0.05) is 78.9 Å². The number of imidazole rings is 1. The van der Waals surface area contributed by atoms with Crippen molar-refractivity contribution in [1.29, 1.82) is 0 Å². The minimum atomic E-state index is 0.922. The van der Waals surface area contributed by atoms with E-state index in [1.807, 2.05) is 6.07 Å². The molecule has 0 unspecified atom stereocenters. The number of rotatable bonds is 3. The number of hydrogen-bond acceptors (Lipinski definition) is 1. The lowest BCUT2D eigenvalue weighted by Gasteiger charge is -2.09. The molecule has 4 nitrogen and oxygen atoms in total. The molecule has 0 radical (unpaired) electrons. The molecule has 0 aliphatic rings. The molecule has 0 saturated heterocycles. The lowest BCUT2D eigenvalue weighted by molar-refractivity contribution is 0.870. The van der Waals surface area contributed by atoms with E-state index in [-0.39, 0.29) is 0 Å². The van der Waals surface area contributed by atoms with Gasteiger partial charge in [0.05, 0.1) is 33.1 Å². The van der Waals surface area contributed by atoms with Crippen LogP contribution in [0.15, 0.2) is 140 Å². The predicted molar refractivity (Wildman–Crippen MR) is 175 cm³/mol. The van der Waals surface area contributed by atoms with E-state index >= 15 is 0 Å². The second-order valence-electron chi connectivity index (χ2n) is 11.0. The zero-order valence-corrected chi connectivity index (χ0v) is 23.1. The van der Waals surface area contributed by atoms with Crippen molar-refractivity contribution in [2.45, 2.75) is 0 Å². The Morgan fingerprint density at radius 1 is 0.429 bits per heavy atom. The van der Waals surface area contributed by atoms with E-state index in [1.54, 1.807) is 0 Å². The monoisotopic (exact) mass is 538 g/mol. The highest BCUT2D eigenvalue weighted by Gasteiger charge is 2.18. The Bertz CT molecular complexity index is 2470. The maximum atomic E-state index is 5.05. The standard InChI is InChI=1S/C38H26N4/c1-40-37-18-10-7-15-32(37)39-38(40)42-34-17-9-6-14-29(34)31-24-26(20-22-36(31)42)25-19-21-35-30(23-25)28-13-5-8-16-33(28)41(35)27-11-3-2-4-12-27/h2-24H,1H3. The van der Waals surface area contributed by atoms with Crippen LogP contribution in [0.2, 0.25) is 0 Å². The molecule has 42 heavy (non-hydrogen) atoms. The molecule has 9 rings (SSSR count). The summed E-state index contributed by atoms with van der Waals surface area (Å²) in [5.41, 5.74) is 10.5. The lowest BCUT2D eigenvalue weighted by atomic mass is 10.0. The third-order valence-electron chi connectivity index (χ3n) is 8.66. The first kappa shape index (κ1) is 23.1. The van der Waals surface area contributed by atoms with Crippen LogP contribution in [0.5, 0.6) is 0 Å². The van der Waals surface area contributed by atoms with Gasteiger partial charge in [-0.2, -0.15) is 0 Å². The zero-order valence-electron chi connectivity index (χ0n) is 23.1. The van der Waals surface area contributed by atoms with Gasteiger partial charge in [0.25, 0.3) is 0 Å². The van der Waals surface area contributed by atoms with E-state index in [0.29, 0.717) is 0 Å². The molecule has 0 aliphatic carbocycles. The molecule has 0 atom stereocenters. The van der Waals surface area contributed by atoms with Gasteiger partial charge in [0.15, 0.2) is 0 Å². The third kappa shape index (κ3) is 3.20. The van der Waals surface area contributed by atoms with Crippen LogP contribution in [0.25, 0.3) is 77.4 Å². The molecule has 4 heteroatoms.